The largest absolute Gasteiger partial charge is 0.438 e. The minimum atomic E-state index is -0.238. The van der Waals surface area contributed by atoms with Crippen LogP contribution in [0.5, 0.6) is 11.6 Å². The number of halogens is 3. The van der Waals surface area contributed by atoms with Gasteiger partial charge in [0.2, 0.25) is 5.88 Å². The van der Waals surface area contributed by atoms with Crippen molar-refractivity contribution in [3.05, 3.63) is 50.5 Å². The van der Waals surface area contributed by atoms with Gasteiger partial charge in [-0.05, 0) is 40.2 Å². The molecule has 1 heterocycles. The lowest BCUT2D eigenvalue weighted by Crippen LogP contribution is -1.94. The summed E-state index contributed by atoms with van der Waals surface area (Å²) in [5, 5.41) is 10.1. The van der Waals surface area contributed by atoms with E-state index in [1.54, 1.807) is 30.3 Å². The molecule has 0 aliphatic carbocycles. The number of rotatable bonds is 3. The number of hydrogen-bond donors (Lipinski definition) is 1. The Morgan fingerprint density at radius 2 is 2.00 bits per heavy atom. The summed E-state index contributed by atoms with van der Waals surface area (Å²) in [7, 11) is 0. The minimum absolute atomic E-state index is 0.238. The molecule has 0 saturated carbocycles. The first-order valence-electron chi connectivity index (χ1n) is 4.99. The third kappa shape index (κ3) is 3.14. The van der Waals surface area contributed by atoms with E-state index in [1.165, 1.54) is 0 Å². The number of hydrogen-bond acceptors (Lipinski definition) is 3. The van der Waals surface area contributed by atoms with Crippen LogP contribution < -0.4 is 4.74 Å². The van der Waals surface area contributed by atoms with Crippen LogP contribution in [-0.4, -0.2) is 10.1 Å². The summed E-state index contributed by atoms with van der Waals surface area (Å²) >= 11 is 15.0. The normalized spacial score (nSPS) is 10.4. The quantitative estimate of drug-likeness (QED) is 0.891. The zero-order valence-corrected chi connectivity index (χ0v) is 12.1. The van der Waals surface area contributed by atoms with Crippen molar-refractivity contribution in [1.82, 2.24) is 4.98 Å². The number of aromatic nitrogens is 1. The van der Waals surface area contributed by atoms with Crippen molar-refractivity contribution in [3.8, 4) is 11.6 Å². The highest BCUT2D eigenvalue weighted by molar-refractivity contribution is 9.10. The molecule has 2 rings (SSSR count). The van der Waals surface area contributed by atoms with Crippen molar-refractivity contribution < 1.29 is 9.84 Å². The highest BCUT2D eigenvalue weighted by Crippen LogP contribution is 2.31. The Kier molecular flexibility index (Phi) is 4.45. The SMILES string of the molecule is OCc1nc(Oc2ccc(Cl)cc2Br)ccc1Cl. The molecule has 0 aliphatic rings. The third-order valence-corrected chi connectivity index (χ3v) is 3.35. The Hall–Kier alpha value is -0.810. The molecule has 1 aromatic carbocycles. The topological polar surface area (TPSA) is 42.4 Å². The highest BCUT2D eigenvalue weighted by atomic mass is 79.9. The van der Waals surface area contributed by atoms with E-state index in [9.17, 15) is 0 Å². The maximum Gasteiger partial charge on any atom is 0.219 e. The molecule has 0 aliphatic heterocycles. The third-order valence-electron chi connectivity index (χ3n) is 2.15. The first-order chi connectivity index (χ1) is 8.60. The molecule has 0 amide bonds. The van der Waals surface area contributed by atoms with E-state index in [0.29, 0.717) is 27.4 Å². The Bertz CT molecular complexity index is 578. The second kappa shape index (κ2) is 5.89. The fourth-order valence-corrected chi connectivity index (χ4v) is 2.23. The molecule has 0 bridgehead atoms. The molecule has 2 aromatic rings. The molecule has 0 saturated heterocycles. The van der Waals surface area contributed by atoms with Gasteiger partial charge in [0.1, 0.15) is 5.75 Å². The molecule has 1 aromatic heterocycles. The van der Waals surface area contributed by atoms with Gasteiger partial charge in [-0.3, -0.25) is 0 Å². The molecule has 6 heteroatoms. The van der Waals surface area contributed by atoms with E-state index < -0.39 is 0 Å². The average molecular weight is 349 g/mol. The summed E-state index contributed by atoms with van der Waals surface area (Å²) in [6.07, 6.45) is 0. The Labute approximate surface area is 122 Å². The van der Waals surface area contributed by atoms with E-state index in [2.05, 4.69) is 20.9 Å². The summed E-state index contributed by atoms with van der Waals surface area (Å²) in [4.78, 5) is 4.09. The van der Waals surface area contributed by atoms with Crippen LogP contribution in [0.3, 0.4) is 0 Å². The van der Waals surface area contributed by atoms with Crippen LogP contribution in [0.1, 0.15) is 5.69 Å². The van der Waals surface area contributed by atoms with E-state index in [0.717, 1.165) is 4.47 Å². The van der Waals surface area contributed by atoms with E-state index >= 15 is 0 Å². The molecule has 0 radical (unpaired) electrons. The van der Waals surface area contributed by atoms with Gasteiger partial charge >= 0.3 is 0 Å². The highest BCUT2D eigenvalue weighted by Gasteiger charge is 2.07. The van der Waals surface area contributed by atoms with Crippen molar-refractivity contribution >= 4 is 39.1 Å². The molecule has 0 atom stereocenters. The van der Waals surface area contributed by atoms with Crippen LogP contribution in [0.15, 0.2) is 34.8 Å². The summed E-state index contributed by atoms with van der Waals surface area (Å²) in [6.45, 7) is -0.238. The zero-order valence-electron chi connectivity index (χ0n) is 9.03. The summed E-state index contributed by atoms with van der Waals surface area (Å²) in [6, 6.07) is 8.41. The fraction of sp³-hybridized carbons (Fsp3) is 0.0833. The monoisotopic (exact) mass is 347 g/mol. The number of nitrogens with zero attached hydrogens (tertiary/aromatic N) is 1. The molecule has 3 nitrogen and oxygen atoms in total. The van der Waals surface area contributed by atoms with Gasteiger partial charge in [0.15, 0.2) is 0 Å². The number of benzene rings is 1. The van der Waals surface area contributed by atoms with Gasteiger partial charge in [-0.15, -0.1) is 0 Å². The van der Waals surface area contributed by atoms with Gasteiger partial charge in [-0.25, -0.2) is 4.98 Å². The predicted octanol–water partition coefficient (Wildman–Crippen LogP) is 4.44. The van der Waals surface area contributed by atoms with Crippen molar-refractivity contribution in [2.24, 2.45) is 0 Å². The Balaban J connectivity index is 2.28. The molecule has 0 spiro atoms. The second-order valence-corrected chi connectivity index (χ2v) is 5.11. The number of aliphatic hydroxyl groups is 1. The van der Waals surface area contributed by atoms with Crippen LogP contribution in [-0.2, 0) is 6.61 Å². The van der Waals surface area contributed by atoms with Gasteiger partial charge in [-0.1, -0.05) is 23.2 Å². The van der Waals surface area contributed by atoms with Crippen molar-refractivity contribution in [3.63, 3.8) is 0 Å². The lowest BCUT2D eigenvalue weighted by atomic mass is 10.3. The van der Waals surface area contributed by atoms with Crippen LogP contribution in [0, 0.1) is 0 Å². The molecule has 94 valence electrons. The van der Waals surface area contributed by atoms with Crippen LogP contribution in [0.2, 0.25) is 10.0 Å². The lowest BCUT2D eigenvalue weighted by Gasteiger charge is -2.08. The van der Waals surface area contributed by atoms with Crippen molar-refractivity contribution in [1.29, 1.82) is 0 Å². The standard InChI is InChI=1S/C12H8BrCl2NO2/c13-8-5-7(14)1-3-11(8)18-12-4-2-9(15)10(6-17)16-12/h1-5,17H,6H2. The molecule has 1 N–H and O–H groups in total. The summed E-state index contributed by atoms with van der Waals surface area (Å²) < 4.78 is 6.29. The average Bonchev–Trinajstić information content (AvgIpc) is 2.35. The van der Waals surface area contributed by atoms with Gasteiger partial charge in [0, 0.05) is 11.1 Å². The van der Waals surface area contributed by atoms with Gasteiger partial charge in [0.05, 0.1) is 21.8 Å². The van der Waals surface area contributed by atoms with E-state index in [1.807, 2.05) is 0 Å². The van der Waals surface area contributed by atoms with Crippen LogP contribution in [0.4, 0.5) is 0 Å². The Morgan fingerprint density at radius 1 is 1.22 bits per heavy atom. The Morgan fingerprint density at radius 3 is 2.67 bits per heavy atom. The van der Waals surface area contributed by atoms with Gasteiger partial charge in [-0.2, -0.15) is 0 Å². The fourth-order valence-electron chi connectivity index (χ4n) is 1.30. The zero-order chi connectivity index (χ0) is 13.1. The number of aliphatic hydroxyl groups excluding tert-OH is 1. The second-order valence-electron chi connectivity index (χ2n) is 3.41. The van der Waals surface area contributed by atoms with Crippen molar-refractivity contribution in [2.75, 3.05) is 0 Å². The lowest BCUT2D eigenvalue weighted by molar-refractivity contribution is 0.275. The molecular formula is C12H8BrCl2NO2. The van der Waals surface area contributed by atoms with E-state index in [4.69, 9.17) is 33.0 Å². The van der Waals surface area contributed by atoms with Crippen molar-refractivity contribution in [2.45, 2.75) is 6.61 Å². The van der Waals surface area contributed by atoms with Gasteiger partial charge in [0.25, 0.3) is 0 Å². The summed E-state index contributed by atoms with van der Waals surface area (Å²) in [5.41, 5.74) is 0.374. The minimum Gasteiger partial charge on any atom is -0.438 e. The number of pyridine rings is 1. The predicted molar refractivity (Wildman–Crippen MR) is 74.4 cm³/mol. The number of ether oxygens (including phenoxy) is 1. The smallest absolute Gasteiger partial charge is 0.219 e. The van der Waals surface area contributed by atoms with Crippen LogP contribution >= 0.6 is 39.1 Å². The van der Waals surface area contributed by atoms with Gasteiger partial charge < -0.3 is 9.84 Å². The molecule has 18 heavy (non-hydrogen) atoms. The van der Waals surface area contributed by atoms with E-state index in [-0.39, 0.29) is 6.61 Å². The molecular weight excluding hydrogens is 341 g/mol. The van der Waals surface area contributed by atoms with Crippen LogP contribution in [0.25, 0.3) is 0 Å². The summed E-state index contributed by atoms with van der Waals surface area (Å²) in [5.74, 6) is 0.935. The first-order valence-corrected chi connectivity index (χ1v) is 6.54. The molecule has 0 unspecified atom stereocenters. The maximum atomic E-state index is 9.07. The first kappa shape index (κ1) is 13.6. The molecule has 0 fully saturated rings. The maximum absolute atomic E-state index is 9.07.